The summed E-state index contributed by atoms with van der Waals surface area (Å²) in [7, 11) is 0. The van der Waals surface area contributed by atoms with Crippen molar-refractivity contribution in [3.63, 3.8) is 0 Å². The quantitative estimate of drug-likeness (QED) is 0.756. The van der Waals surface area contributed by atoms with Gasteiger partial charge in [-0.2, -0.15) is 0 Å². The fourth-order valence-electron chi connectivity index (χ4n) is 1.84. The number of aliphatic hydroxyl groups is 1. The van der Waals surface area contributed by atoms with E-state index in [-0.39, 0.29) is 5.82 Å². The van der Waals surface area contributed by atoms with E-state index in [0.717, 1.165) is 25.1 Å². The molecule has 4 heteroatoms. The molecule has 18 heavy (non-hydrogen) atoms. The number of nitrogens with one attached hydrogen (secondary N) is 1. The predicted molar refractivity (Wildman–Crippen MR) is 76.2 cm³/mol. The lowest BCUT2D eigenvalue weighted by Gasteiger charge is -2.23. The van der Waals surface area contributed by atoms with Gasteiger partial charge in [0.2, 0.25) is 0 Å². The smallest absolute Gasteiger partial charge is 0.137 e. The Morgan fingerprint density at radius 3 is 2.72 bits per heavy atom. The highest BCUT2D eigenvalue weighted by Gasteiger charge is 2.20. The van der Waals surface area contributed by atoms with Crippen LogP contribution in [0.3, 0.4) is 0 Å². The summed E-state index contributed by atoms with van der Waals surface area (Å²) in [6.45, 7) is 5.69. The SMILES string of the molecule is CCCNCCC(C)(O)Cc1ccc(F)c(Br)c1. The Labute approximate surface area is 117 Å². The van der Waals surface area contributed by atoms with Crippen molar-refractivity contribution in [1.29, 1.82) is 0 Å². The van der Waals surface area contributed by atoms with Crippen LogP contribution >= 0.6 is 15.9 Å². The lowest BCUT2D eigenvalue weighted by molar-refractivity contribution is 0.0515. The van der Waals surface area contributed by atoms with Crippen LogP contribution < -0.4 is 5.32 Å². The van der Waals surface area contributed by atoms with Crippen molar-refractivity contribution >= 4 is 15.9 Å². The maximum atomic E-state index is 13.1. The summed E-state index contributed by atoms with van der Waals surface area (Å²) in [6.07, 6.45) is 2.30. The van der Waals surface area contributed by atoms with Crippen LogP contribution in [0.15, 0.2) is 22.7 Å². The van der Waals surface area contributed by atoms with Crippen molar-refractivity contribution in [2.45, 2.75) is 38.7 Å². The van der Waals surface area contributed by atoms with Crippen LogP contribution in [0.5, 0.6) is 0 Å². The van der Waals surface area contributed by atoms with Gasteiger partial charge in [0.05, 0.1) is 10.1 Å². The van der Waals surface area contributed by atoms with E-state index in [1.54, 1.807) is 12.1 Å². The molecule has 0 heterocycles. The van der Waals surface area contributed by atoms with Crippen molar-refractivity contribution < 1.29 is 9.50 Å². The Hall–Kier alpha value is -0.450. The van der Waals surface area contributed by atoms with E-state index in [4.69, 9.17) is 0 Å². The van der Waals surface area contributed by atoms with Crippen molar-refractivity contribution in [1.82, 2.24) is 5.32 Å². The zero-order valence-electron chi connectivity index (χ0n) is 11.0. The van der Waals surface area contributed by atoms with Crippen molar-refractivity contribution in [2.75, 3.05) is 13.1 Å². The van der Waals surface area contributed by atoms with E-state index >= 15 is 0 Å². The molecule has 0 aliphatic rings. The molecule has 0 aromatic heterocycles. The molecule has 102 valence electrons. The van der Waals surface area contributed by atoms with E-state index < -0.39 is 5.60 Å². The number of rotatable bonds is 7. The van der Waals surface area contributed by atoms with Gasteiger partial charge in [0, 0.05) is 6.42 Å². The number of benzene rings is 1. The average Bonchev–Trinajstić information content (AvgIpc) is 2.29. The Bertz CT molecular complexity index is 382. The minimum atomic E-state index is -0.766. The molecule has 1 rings (SSSR count). The molecule has 0 saturated carbocycles. The summed E-state index contributed by atoms with van der Waals surface area (Å²) in [5.41, 5.74) is 0.168. The summed E-state index contributed by atoms with van der Waals surface area (Å²) in [6, 6.07) is 4.86. The van der Waals surface area contributed by atoms with Gasteiger partial charge >= 0.3 is 0 Å². The highest BCUT2D eigenvalue weighted by atomic mass is 79.9. The zero-order chi connectivity index (χ0) is 13.6. The number of hydrogen-bond acceptors (Lipinski definition) is 2. The molecule has 0 radical (unpaired) electrons. The fraction of sp³-hybridized carbons (Fsp3) is 0.571. The average molecular weight is 318 g/mol. The van der Waals surface area contributed by atoms with Gasteiger partial charge in [-0.15, -0.1) is 0 Å². The largest absolute Gasteiger partial charge is 0.390 e. The summed E-state index contributed by atoms with van der Waals surface area (Å²) >= 11 is 3.16. The molecule has 2 nitrogen and oxygen atoms in total. The molecule has 0 aliphatic heterocycles. The molecule has 1 atom stereocenters. The maximum absolute atomic E-state index is 13.1. The highest BCUT2D eigenvalue weighted by Crippen LogP contribution is 2.21. The van der Waals surface area contributed by atoms with Crippen molar-refractivity contribution in [3.8, 4) is 0 Å². The van der Waals surface area contributed by atoms with Gasteiger partial charge in [-0.1, -0.05) is 13.0 Å². The molecule has 1 unspecified atom stereocenters. The Morgan fingerprint density at radius 2 is 2.11 bits per heavy atom. The summed E-state index contributed by atoms with van der Waals surface area (Å²) in [5.74, 6) is -0.275. The third-order valence-corrected chi connectivity index (χ3v) is 3.44. The van der Waals surface area contributed by atoms with Crippen LogP contribution in [0.25, 0.3) is 0 Å². The monoisotopic (exact) mass is 317 g/mol. The zero-order valence-corrected chi connectivity index (χ0v) is 12.6. The number of halogens is 2. The second kappa shape index (κ2) is 7.22. The van der Waals surface area contributed by atoms with Gasteiger partial charge in [-0.3, -0.25) is 0 Å². The van der Waals surface area contributed by atoms with Crippen molar-refractivity contribution in [2.24, 2.45) is 0 Å². The van der Waals surface area contributed by atoms with Crippen LogP contribution in [0.4, 0.5) is 4.39 Å². The third kappa shape index (κ3) is 5.46. The topological polar surface area (TPSA) is 32.3 Å². The molecule has 0 saturated heterocycles. The van der Waals surface area contributed by atoms with Crippen LogP contribution in [-0.2, 0) is 6.42 Å². The van der Waals surface area contributed by atoms with E-state index in [2.05, 4.69) is 28.2 Å². The van der Waals surface area contributed by atoms with E-state index in [1.165, 1.54) is 6.07 Å². The first-order chi connectivity index (χ1) is 8.44. The maximum Gasteiger partial charge on any atom is 0.137 e. The van der Waals surface area contributed by atoms with Crippen molar-refractivity contribution in [3.05, 3.63) is 34.1 Å². The minimum Gasteiger partial charge on any atom is -0.390 e. The third-order valence-electron chi connectivity index (χ3n) is 2.84. The fourth-order valence-corrected chi connectivity index (χ4v) is 2.26. The van der Waals surface area contributed by atoms with E-state index in [0.29, 0.717) is 17.3 Å². The molecular formula is C14H21BrFNO. The summed E-state index contributed by atoms with van der Waals surface area (Å²) < 4.78 is 13.5. The second-order valence-corrected chi connectivity index (χ2v) is 5.78. The van der Waals surface area contributed by atoms with Gasteiger partial charge in [-0.25, -0.2) is 4.39 Å². The molecule has 1 aromatic rings. The van der Waals surface area contributed by atoms with Crippen LogP contribution in [0.2, 0.25) is 0 Å². The highest BCUT2D eigenvalue weighted by molar-refractivity contribution is 9.10. The van der Waals surface area contributed by atoms with E-state index in [9.17, 15) is 9.50 Å². The summed E-state index contributed by atoms with van der Waals surface area (Å²) in [5, 5.41) is 13.5. The molecular weight excluding hydrogens is 297 g/mol. The molecule has 0 spiro atoms. The molecule has 0 bridgehead atoms. The van der Waals surface area contributed by atoms with Gasteiger partial charge in [0.25, 0.3) is 0 Å². The second-order valence-electron chi connectivity index (χ2n) is 4.92. The molecule has 0 amide bonds. The Balaban J connectivity index is 2.50. The first-order valence-corrected chi connectivity index (χ1v) is 7.11. The lowest BCUT2D eigenvalue weighted by Crippen LogP contribution is -2.32. The normalized spacial score (nSPS) is 14.5. The van der Waals surface area contributed by atoms with Crippen LogP contribution in [-0.4, -0.2) is 23.8 Å². The first-order valence-electron chi connectivity index (χ1n) is 6.31. The Morgan fingerprint density at radius 1 is 1.39 bits per heavy atom. The number of hydrogen-bond donors (Lipinski definition) is 2. The first kappa shape index (κ1) is 15.6. The Kier molecular flexibility index (Phi) is 6.26. The van der Waals surface area contributed by atoms with Gasteiger partial charge < -0.3 is 10.4 Å². The molecule has 0 aliphatic carbocycles. The van der Waals surface area contributed by atoms with Gasteiger partial charge in [0.15, 0.2) is 0 Å². The van der Waals surface area contributed by atoms with E-state index in [1.807, 2.05) is 6.92 Å². The molecule has 2 N–H and O–H groups in total. The summed E-state index contributed by atoms with van der Waals surface area (Å²) in [4.78, 5) is 0. The van der Waals surface area contributed by atoms with Gasteiger partial charge in [-0.05, 0) is 66.5 Å². The van der Waals surface area contributed by atoms with Crippen LogP contribution in [0, 0.1) is 5.82 Å². The minimum absolute atomic E-state index is 0.275. The standard InChI is InChI=1S/C14H21BrFNO/c1-3-7-17-8-6-14(2,18)10-11-4-5-13(16)12(15)9-11/h4-5,9,17-18H,3,6-8,10H2,1-2H3. The molecule has 0 fully saturated rings. The predicted octanol–water partition coefficient (Wildman–Crippen LogP) is 3.27. The van der Waals surface area contributed by atoms with Crippen LogP contribution in [0.1, 0.15) is 32.3 Å². The van der Waals surface area contributed by atoms with Gasteiger partial charge in [0.1, 0.15) is 5.82 Å². The molecule has 1 aromatic carbocycles. The lowest BCUT2D eigenvalue weighted by atomic mass is 9.93.